The first-order valence-corrected chi connectivity index (χ1v) is 9.17. The van der Waals surface area contributed by atoms with E-state index in [-0.39, 0.29) is 18.2 Å². The molecule has 0 saturated carbocycles. The van der Waals surface area contributed by atoms with E-state index in [9.17, 15) is 9.59 Å². The standard InChI is InChI=1S/C21H24N4O4/c1-13-10-17(19-14(2)23-29-20(19)22-13)21(27)28-12-18(26)25(5)11-15-6-8-16(9-7-15)24(3)4/h6-10H,11-12H2,1-5H3. The number of fused-ring (bicyclic) bond motifs is 1. The van der Waals surface area contributed by atoms with Crippen LogP contribution in [0.15, 0.2) is 34.9 Å². The van der Waals surface area contributed by atoms with Crippen LogP contribution in [0.4, 0.5) is 5.69 Å². The lowest BCUT2D eigenvalue weighted by Gasteiger charge is -2.18. The molecule has 0 aliphatic heterocycles. The summed E-state index contributed by atoms with van der Waals surface area (Å²) >= 11 is 0. The molecule has 0 unspecified atom stereocenters. The van der Waals surface area contributed by atoms with Gasteiger partial charge in [0.05, 0.1) is 16.6 Å². The normalized spacial score (nSPS) is 10.8. The molecular formula is C21H24N4O4. The van der Waals surface area contributed by atoms with E-state index in [0.717, 1.165) is 11.3 Å². The molecule has 0 radical (unpaired) electrons. The number of likely N-dealkylation sites (N-methyl/N-ethyl adjacent to an activating group) is 1. The Balaban J connectivity index is 1.63. The number of hydrogen-bond donors (Lipinski definition) is 0. The molecule has 0 spiro atoms. The van der Waals surface area contributed by atoms with Crippen LogP contribution in [-0.4, -0.2) is 54.7 Å². The highest BCUT2D eigenvalue weighted by molar-refractivity contribution is 6.03. The Kier molecular flexibility index (Phi) is 5.81. The number of amides is 1. The molecule has 2 aromatic heterocycles. The number of carbonyl (C=O) groups excluding carboxylic acids is 2. The summed E-state index contributed by atoms with van der Waals surface area (Å²) in [6, 6.07) is 9.53. The van der Waals surface area contributed by atoms with Crippen molar-refractivity contribution in [2.75, 3.05) is 32.6 Å². The molecule has 3 aromatic rings. The summed E-state index contributed by atoms with van der Waals surface area (Å²) in [6.45, 7) is 3.54. The molecule has 0 aliphatic rings. The number of pyridine rings is 1. The fourth-order valence-corrected chi connectivity index (χ4v) is 2.96. The molecule has 0 fully saturated rings. The molecule has 1 amide bonds. The number of hydrogen-bond acceptors (Lipinski definition) is 7. The molecule has 0 aliphatic carbocycles. The van der Waals surface area contributed by atoms with Crippen molar-refractivity contribution in [3.63, 3.8) is 0 Å². The summed E-state index contributed by atoms with van der Waals surface area (Å²) in [5, 5.41) is 4.35. The van der Waals surface area contributed by atoms with Gasteiger partial charge >= 0.3 is 5.97 Å². The first kappa shape index (κ1) is 20.3. The third-order valence-electron chi connectivity index (χ3n) is 4.59. The summed E-state index contributed by atoms with van der Waals surface area (Å²) < 4.78 is 10.4. The van der Waals surface area contributed by atoms with Gasteiger partial charge in [-0.1, -0.05) is 17.3 Å². The zero-order valence-electron chi connectivity index (χ0n) is 17.2. The largest absolute Gasteiger partial charge is 0.452 e. The molecule has 152 valence electrons. The van der Waals surface area contributed by atoms with Crippen molar-refractivity contribution in [1.82, 2.24) is 15.0 Å². The smallest absolute Gasteiger partial charge is 0.339 e. The van der Waals surface area contributed by atoms with Gasteiger partial charge in [-0.15, -0.1) is 0 Å². The van der Waals surface area contributed by atoms with Crippen molar-refractivity contribution in [3.8, 4) is 0 Å². The van der Waals surface area contributed by atoms with Gasteiger partial charge in [0.1, 0.15) is 0 Å². The van der Waals surface area contributed by atoms with E-state index in [0.29, 0.717) is 28.9 Å². The minimum absolute atomic E-state index is 0.277. The lowest BCUT2D eigenvalue weighted by molar-refractivity contribution is -0.133. The highest BCUT2D eigenvalue weighted by Gasteiger charge is 2.20. The maximum Gasteiger partial charge on any atom is 0.339 e. The number of rotatable bonds is 6. The molecule has 0 saturated heterocycles. The Morgan fingerprint density at radius 3 is 2.45 bits per heavy atom. The number of carbonyl (C=O) groups is 2. The Morgan fingerprint density at radius 2 is 1.79 bits per heavy atom. The average Bonchev–Trinajstić information content (AvgIpc) is 3.06. The van der Waals surface area contributed by atoms with Gasteiger partial charge in [-0.2, -0.15) is 0 Å². The van der Waals surface area contributed by atoms with Crippen LogP contribution in [0.2, 0.25) is 0 Å². The van der Waals surface area contributed by atoms with Crippen LogP contribution in [0.3, 0.4) is 0 Å². The SMILES string of the molecule is Cc1cc(C(=O)OCC(=O)N(C)Cc2ccc(N(C)C)cc2)c2c(C)noc2n1. The Morgan fingerprint density at radius 1 is 1.10 bits per heavy atom. The summed E-state index contributed by atoms with van der Waals surface area (Å²) in [5.74, 6) is -0.900. The van der Waals surface area contributed by atoms with Crippen LogP contribution >= 0.6 is 0 Å². The lowest BCUT2D eigenvalue weighted by atomic mass is 10.1. The molecular weight excluding hydrogens is 372 g/mol. The van der Waals surface area contributed by atoms with E-state index in [2.05, 4.69) is 10.1 Å². The van der Waals surface area contributed by atoms with Crippen LogP contribution in [0.25, 0.3) is 11.1 Å². The number of anilines is 1. The first-order chi connectivity index (χ1) is 13.8. The zero-order chi connectivity index (χ0) is 21.1. The summed E-state index contributed by atoms with van der Waals surface area (Å²) in [4.78, 5) is 32.7. The predicted molar refractivity (Wildman–Crippen MR) is 109 cm³/mol. The number of ether oxygens (including phenoxy) is 1. The van der Waals surface area contributed by atoms with Gasteiger partial charge in [-0.05, 0) is 37.6 Å². The number of esters is 1. The monoisotopic (exact) mass is 396 g/mol. The zero-order valence-corrected chi connectivity index (χ0v) is 17.2. The molecule has 29 heavy (non-hydrogen) atoms. The number of benzene rings is 1. The fraction of sp³-hybridized carbons (Fsp3) is 0.333. The molecule has 8 nitrogen and oxygen atoms in total. The van der Waals surface area contributed by atoms with Gasteiger partial charge in [-0.25, -0.2) is 9.78 Å². The topological polar surface area (TPSA) is 88.8 Å². The van der Waals surface area contributed by atoms with Gasteiger partial charge in [0.25, 0.3) is 11.6 Å². The van der Waals surface area contributed by atoms with Crippen LogP contribution in [0, 0.1) is 13.8 Å². The van der Waals surface area contributed by atoms with Crippen molar-refractivity contribution in [2.24, 2.45) is 0 Å². The maximum absolute atomic E-state index is 12.6. The quantitative estimate of drug-likeness (QED) is 0.592. The van der Waals surface area contributed by atoms with E-state index in [1.165, 1.54) is 4.90 Å². The van der Waals surface area contributed by atoms with E-state index < -0.39 is 5.97 Å². The Bertz CT molecular complexity index is 1040. The second-order valence-electron chi connectivity index (χ2n) is 7.15. The molecule has 0 atom stereocenters. The van der Waals surface area contributed by atoms with Crippen molar-refractivity contribution in [2.45, 2.75) is 20.4 Å². The predicted octanol–water partition coefficient (Wildman–Crippen LogP) is 2.72. The van der Waals surface area contributed by atoms with Gasteiger partial charge in [0.2, 0.25) is 0 Å². The summed E-state index contributed by atoms with van der Waals surface area (Å²) in [7, 11) is 5.62. The summed E-state index contributed by atoms with van der Waals surface area (Å²) in [5.41, 5.74) is 3.79. The maximum atomic E-state index is 12.6. The van der Waals surface area contributed by atoms with E-state index in [4.69, 9.17) is 9.26 Å². The van der Waals surface area contributed by atoms with E-state index in [1.807, 2.05) is 43.3 Å². The van der Waals surface area contributed by atoms with Gasteiger partial charge in [0.15, 0.2) is 6.61 Å². The van der Waals surface area contributed by atoms with Crippen LogP contribution in [0.5, 0.6) is 0 Å². The van der Waals surface area contributed by atoms with Gasteiger partial charge in [-0.3, -0.25) is 4.79 Å². The van der Waals surface area contributed by atoms with Crippen molar-refractivity contribution in [3.05, 3.63) is 52.8 Å². The van der Waals surface area contributed by atoms with E-state index in [1.54, 1.807) is 27.0 Å². The minimum atomic E-state index is -0.608. The first-order valence-electron chi connectivity index (χ1n) is 9.17. The summed E-state index contributed by atoms with van der Waals surface area (Å²) in [6.07, 6.45) is 0. The second kappa shape index (κ2) is 8.30. The molecule has 1 aromatic carbocycles. The number of aryl methyl sites for hydroxylation is 2. The minimum Gasteiger partial charge on any atom is -0.452 e. The van der Waals surface area contributed by atoms with Crippen LogP contribution < -0.4 is 4.90 Å². The number of nitrogens with zero attached hydrogens (tertiary/aromatic N) is 4. The number of aromatic nitrogens is 2. The van der Waals surface area contributed by atoms with Crippen molar-refractivity contribution < 1.29 is 18.8 Å². The van der Waals surface area contributed by atoms with Crippen molar-refractivity contribution >= 4 is 28.7 Å². The highest BCUT2D eigenvalue weighted by Crippen LogP contribution is 2.22. The van der Waals surface area contributed by atoms with Gasteiger partial charge in [0, 0.05) is 39.1 Å². The molecule has 8 heteroatoms. The van der Waals surface area contributed by atoms with Crippen molar-refractivity contribution in [1.29, 1.82) is 0 Å². The second-order valence-corrected chi connectivity index (χ2v) is 7.15. The fourth-order valence-electron chi connectivity index (χ4n) is 2.96. The third kappa shape index (κ3) is 4.53. The lowest BCUT2D eigenvalue weighted by Crippen LogP contribution is -2.30. The third-order valence-corrected chi connectivity index (χ3v) is 4.59. The van der Waals surface area contributed by atoms with Gasteiger partial charge < -0.3 is 19.1 Å². The molecule has 2 heterocycles. The Hall–Kier alpha value is -3.42. The van der Waals surface area contributed by atoms with E-state index >= 15 is 0 Å². The van der Waals surface area contributed by atoms with Crippen LogP contribution in [0.1, 0.15) is 27.3 Å². The molecule has 0 N–H and O–H groups in total. The average molecular weight is 396 g/mol. The highest BCUT2D eigenvalue weighted by atomic mass is 16.5. The molecule has 3 rings (SSSR count). The van der Waals surface area contributed by atoms with Crippen LogP contribution in [-0.2, 0) is 16.1 Å². The molecule has 0 bridgehead atoms. The Labute approximate surface area is 169 Å².